The van der Waals surface area contributed by atoms with Crippen molar-refractivity contribution in [2.45, 2.75) is 18.2 Å². The summed E-state index contributed by atoms with van der Waals surface area (Å²) in [7, 11) is 0. The summed E-state index contributed by atoms with van der Waals surface area (Å²) in [6, 6.07) is 8.26. The normalized spacial score (nSPS) is 23.1. The Bertz CT molecular complexity index is 544. The summed E-state index contributed by atoms with van der Waals surface area (Å²) in [6.07, 6.45) is -2.64. The summed E-state index contributed by atoms with van der Waals surface area (Å²) in [5.74, 6) is -0.360. The number of ketones is 1. The third kappa shape index (κ3) is 2.61. The lowest BCUT2D eigenvalue weighted by Gasteiger charge is -2.28. The number of aliphatic hydroxyl groups is 1. The molecule has 0 aromatic heterocycles. The van der Waals surface area contributed by atoms with Crippen LogP contribution in [-0.4, -0.2) is 22.7 Å². The summed E-state index contributed by atoms with van der Waals surface area (Å²) < 4.78 is 37.7. The largest absolute Gasteiger partial charge is 0.421 e. The van der Waals surface area contributed by atoms with E-state index in [2.05, 4.69) is 0 Å². The van der Waals surface area contributed by atoms with Crippen molar-refractivity contribution in [3.8, 4) is 0 Å². The first kappa shape index (κ1) is 13.5. The van der Waals surface area contributed by atoms with E-state index in [0.717, 1.165) is 12.2 Å². The summed E-state index contributed by atoms with van der Waals surface area (Å²) in [6.45, 7) is 0. The van der Waals surface area contributed by atoms with Gasteiger partial charge in [0.2, 0.25) is 0 Å². The fourth-order valence-electron chi connectivity index (χ4n) is 1.76. The van der Waals surface area contributed by atoms with Gasteiger partial charge in [-0.05, 0) is 6.08 Å². The molecule has 19 heavy (non-hydrogen) atoms. The Balaban J connectivity index is 2.20. The van der Waals surface area contributed by atoms with E-state index in [9.17, 15) is 23.1 Å². The van der Waals surface area contributed by atoms with Crippen molar-refractivity contribution in [1.82, 2.24) is 0 Å². The molecule has 2 nitrogen and oxygen atoms in total. The molecule has 5 heteroatoms. The van der Waals surface area contributed by atoms with Crippen LogP contribution in [0.25, 0.3) is 0 Å². The SMILES string of the molecule is O=C(C1=CCC(O)(C(F)(F)F)C=C1)c1ccccc1. The minimum absolute atomic E-state index is 0.153. The highest BCUT2D eigenvalue weighted by molar-refractivity contribution is 6.10. The second-order valence-electron chi connectivity index (χ2n) is 4.31. The second-order valence-corrected chi connectivity index (χ2v) is 4.31. The van der Waals surface area contributed by atoms with Crippen molar-refractivity contribution < 1.29 is 23.1 Å². The molecular weight excluding hydrogens is 257 g/mol. The van der Waals surface area contributed by atoms with Crippen molar-refractivity contribution in [2.75, 3.05) is 0 Å². The van der Waals surface area contributed by atoms with Crippen LogP contribution >= 0.6 is 0 Å². The molecule has 0 amide bonds. The highest BCUT2D eigenvalue weighted by Crippen LogP contribution is 2.37. The maximum absolute atomic E-state index is 12.6. The van der Waals surface area contributed by atoms with E-state index in [1.165, 1.54) is 0 Å². The van der Waals surface area contributed by atoms with Crippen LogP contribution in [0.4, 0.5) is 13.2 Å². The zero-order chi connectivity index (χ0) is 14.1. The first-order valence-electron chi connectivity index (χ1n) is 5.62. The van der Waals surface area contributed by atoms with Crippen LogP contribution in [0, 0.1) is 0 Å². The van der Waals surface area contributed by atoms with E-state index in [-0.39, 0.29) is 11.4 Å². The average Bonchev–Trinajstić information content (AvgIpc) is 2.39. The van der Waals surface area contributed by atoms with Crippen LogP contribution in [0.1, 0.15) is 16.8 Å². The molecule has 1 atom stereocenters. The summed E-state index contributed by atoms with van der Waals surface area (Å²) >= 11 is 0. The maximum atomic E-state index is 12.6. The van der Waals surface area contributed by atoms with E-state index >= 15 is 0 Å². The minimum atomic E-state index is -4.75. The van der Waals surface area contributed by atoms with Crippen molar-refractivity contribution in [3.63, 3.8) is 0 Å². The summed E-state index contributed by atoms with van der Waals surface area (Å²) in [4.78, 5) is 12.0. The minimum Gasteiger partial charge on any atom is -0.376 e. The summed E-state index contributed by atoms with van der Waals surface area (Å²) in [5.41, 5.74) is -2.33. The molecule has 2 rings (SSSR count). The fourth-order valence-corrected chi connectivity index (χ4v) is 1.76. The third-order valence-corrected chi connectivity index (χ3v) is 2.96. The molecule has 100 valence electrons. The number of allylic oxidation sites excluding steroid dienone is 2. The molecule has 0 aliphatic heterocycles. The van der Waals surface area contributed by atoms with Crippen LogP contribution in [-0.2, 0) is 0 Å². The first-order chi connectivity index (χ1) is 8.83. The predicted octanol–water partition coefficient (Wildman–Crippen LogP) is 3.05. The number of hydrogen-bond acceptors (Lipinski definition) is 2. The zero-order valence-corrected chi connectivity index (χ0v) is 9.82. The van der Waals surface area contributed by atoms with Crippen molar-refractivity contribution in [1.29, 1.82) is 0 Å². The van der Waals surface area contributed by atoms with Gasteiger partial charge in [0.1, 0.15) is 0 Å². The van der Waals surface area contributed by atoms with E-state index in [0.29, 0.717) is 11.6 Å². The topological polar surface area (TPSA) is 37.3 Å². The number of hydrogen-bond donors (Lipinski definition) is 1. The molecule has 0 radical (unpaired) electrons. The molecule has 0 spiro atoms. The zero-order valence-electron chi connectivity index (χ0n) is 9.82. The van der Waals surface area contributed by atoms with Gasteiger partial charge in [-0.3, -0.25) is 4.79 Å². The number of Topliss-reactive ketones (excluding diaryl/α,β-unsaturated/α-hetero) is 1. The Kier molecular flexibility index (Phi) is 3.32. The molecule has 1 unspecified atom stereocenters. The molecule has 1 N–H and O–H groups in total. The number of carbonyl (C=O) groups excluding carboxylic acids is 1. The molecule has 0 heterocycles. The Labute approximate surface area is 107 Å². The molecular formula is C14H11F3O2. The average molecular weight is 268 g/mol. The molecule has 0 saturated carbocycles. The predicted molar refractivity (Wildman–Crippen MR) is 63.6 cm³/mol. The number of halogens is 3. The molecule has 1 aromatic rings. The highest BCUT2D eigenvalue weighted by atomic mass is 19.4. The Hall–Kier alpha value is -1.88. The highest BCUT2D eigenvalue weighted by Gasteiger charge is 2.52. The lowest BCUT2D eigenvalue weighted by Crippen LogP contribution is -2.43. The van der Waals surface area contributed by atoms with Gasteiger partial charge in [0.15, 0.2) is 11.4 Å². The van der Waals surface area contributed by atoms with Gasteiger partial charge >= 0.3 is 6.18 Å². The van der Waals surface area contributed by atoms with Crippen molar-refractivity contribution in [2.24, 2.45) is 0 Å². The van der Waals surface area contributed by atoms with Gasteiger partial charge < -0.3 is 5.11 Å². The molecule has 1 aliphatic rings. The van der Waals surface area contributed by atoms with Gasteiger partial charge in [0.05, 0.1) is 0 Å². The van der Waals surface area contributed by atoms with Gasteiger partial charge in [-0.25, -0.2) is 0 Å². The monoisotopic (exact) mass is 268 g/mol. The molecule has 0 bridgehead atoms. The van der Waals surface area contributed by atoms with Gasteiger partial charge in [0, 0.05) is 17.6 Å². The van der Waals surface area contributed by atoms with Crippen molar-refractivity contribution in [3.05, 3.63) is 59.7 Å². The molecule has 0 saturated heterocycles. The van der Waals surface area contributed by atoms with Crippen LogP contribution in [0.15, 0.2) is 54.1 Å². The molecule has 0 fully saturated rings. The standard InChI is InChI=1S/C14H11F3O2/c15-14(16,17)13(19)8-6-11(7-9-13)12(18)10-4-2-1-3-5-10/h1-8,19H,9H2. The van der Waals surface area contributed by atoms with Gasteiger partial charge in [-0.15, -0.1) is 0 Å². The fraction of sp³-hybridized carbons (Fsp3) is 0.214. The van der Waals surface area contributed by atoms with E-state index in [1.54, 1.807) is 30.3 Å². The second kappa shape index (κ2) is 4.66. The van der Waals surface area contributed by atoms with E-state index in [4.69, 9.17) is 0 Å². The number of rotatable bonds is 2. The molecule has 1 aromatic carbocycles. The number of benzene rings is 1. The first-order valence-corrected chi connectivity index (χ1v) is 5.62. The lowest BCUT2D eigenvalue weighted by molar-refractivity contribution is -0.238. The Morgan fingerprint density at radius 1 is 1.21 bits per heavy atom. The maximum Gasteiger partial charge on any atom is 0.421 e. The van der Waals surface area contributed by atoms with Gasteiger partial charge in [-0.1, -0.05) is 42.5 Å². The number of carbonyl (C=O) groups is 1. The van der Waals surface area contributed by atoms with E-state index in [1.807, 2.05) is 0 Å². The Morgan fingerprint density at radius 2 is 1.84 bits per heavy atom. The summed E-state index contributed by atoms with van der Waals surface area (Å²) in [5, 5.41) is 9.41. The van der Waals surface area contributed by atoms with Crippen molar-refractivity contribution >= 4 is 5.78 Å². The van der Waals surface area contributed by atoms with Crippen LogP contribution in [0.5, 0.6) is 0 Å². The third-order valence-electron chi connectivity index (χ3n) is 2.96. The van der Waals surface area contributed by atoms with Gasteiger partial charge in [-0.2, -0.15) is 13.2 Å². The smallest absolute Gasteiger partial charge is 0.376 e. The quantitative estimate of drug-likeness (QED) is 0.837. The lowest BCUT2D eigenvalue weighted by atomic mass is 9.89. The Morgan fingerprint density at radius 3 is 2.32 bits per heavy atom. The van der Waals surface area contributed by atoms with Gasteiger partial charge in [0.25, 0.3) is 0 Å². The van der Waals surface area contributed by atoms with Crippen LogP contribution in [0.2, 0.25) is 0 Å². The van der Waals surface area contributed by atoms with Crippen LogP contribution in [0.3, 0.4) is 0 Å². The van der Waals surface area contributed by atoms with Crippen LogP contribution < -0.4 is 0 Å². The number of alkyl halides is 3. The van der Waals surface area contributed by atoms with E-state index < -0.39 is 18.2 Å². The molecule has 1 aliphatic carbocycles.